The van der Waals surface area contributed by atoms with Crippen LogP contribution >= 0.6 is 34.8 Å². The first-order valence-electron chi connectivity index (χ1n) is 6.87. The molecule has 5 heteroatoms. The highest BCUT2D eigenvalue weighted by Gasteiger charge is 2.12. The summed E-state index contributed by atoms with van der Waals surface area (Å²) < 4.78 is 1.84. The number of aryl methyl sites for hydroxylation is 1. The Hall–Kier alpha value is -1.74. The van der Waals surface area contributed by atoms with Crippen molar-refractivity contribution in [3.8, 4) is 22.3 Å². The minimum atomic E-state index is -0.0799. The van der Waals surface area contributed by atoms with Gasteiger partial charge in [-0.25, -0.2) is 0 Å². The van der Waals surface area contributed by atoms with Crippen LogP contribution in [-0.4, -0.2) is 4.57 Å². The van der Waals surface area contributed by atoms with E-state index in [1.54, 1.807) is 42.7 Å². The van der Waals surface area contributed by atoms with Crippen LogP contribution in [0.15, 0.2) is 59.7 Å². The van der Waals surface area contributed by atoms with Gasteiger partial charge in [0.1, 0.15) is 0 Å². The molecular weight excluding hydrogens is 353 g/mol. The van der Waals surface area contributed by atoms with Crippen molar-refractivity contribution in [3.05, 3.63) is 80.1 Å². The fourth-order valence-corrected chi connectivity index (χ4v) is 2.93. The van der Waals surface area contributed by atoms with E-state index in [0.29, 0.717) is 26.2 Å². The van der Waals surface area contributed by atoms with Crippen LogP contribution in [0.25, 0.3) is 22.3 Å². The Kier molecular flexibility index (Phi) is 4.49. The van der Waals surface area contributed by atoms with E-state index < -0.39 is 0 Å². The zero-order chi connectivity index (χ0) is 16.6. The third-order valence-corrected chi connectivity index (χ3v) is 4.50. The van der Waals surface area contributed by atoms with Gasteiger partial charge >= 0.3 is 0 Å². The van der Waals surface area contributed by atoms with Crippen molar-refractivity contribution < 1.29 is 0 Å². The first kappa shape index (κ1) is 16.1. The summed E-state index contributed by atoms with van der Waals surface area (Å²) in [5, 5.41) is 1.46. The number of aromatic nitrogens is 1. The van der Waals surface area contributed by atoms with Gasteiger partial charge in [0.15, 0.2) is 5.43 Å². The van der Waals surface area contributed by atoms with Crippen molar-refractivity contribution in [1.29, 1.82) is 0 Å². The van der Waals surface area contributed by atoms with Crippen LogP contribution in [0.2, 0.25) is 15.1 Å². The highest BCUT2D eigenvalue weighted by atomic mass is 35.5. The molecule has 0 aliphatic heterocycles. The van der Waals surface area contributed by atoms with Gasteiger partial charge in [0, 0.05) is 35.6 Å². The summed E-state index contributed by atoms with van der Waals surface area (Å²) in [7, 11) is 1.87. The summed E-state index contributed by atoms with van der Waals surface area (Å²) in [6.07, 6.45) is 3.56. The van der Waals surface area contributed by atoms with Gasteiger partial charge in [-0.1, -0.05) is 53.0 Å². The number of halogens is 3. The molecule has 0 unspecified atom stereocenters. The van der Waals surface area contributed by atoms with Gasteiger partial charge in [-0.05, 0) is 35.4 Å². The first-order chi connectivity index (χ1) is 11.0. The molecule has 0 bridgehead atoms. The van der Waals surface area contributed by atoms with Crippen LogP contribution in [0, 0.1) is 0 Å². The molecule has 23 heavy (non-hydrogen) atoms. The maximum absolute atomic E-state index is 12.9. The minimum Gasteiger partial charge on any atom is -0.356 e. The zero-order valence-electron chi connectivity index (χ0n) is 12.2. The third kappa shape index (κ3) is 3.30. The van der Waals surface area contributed by atoms with E-state index in [1.165, 1.54) is 0 Å². The Morgan fingerprint density at radius 1 is 0.826 bits per heavy atom. The van der Waals surface area contributed by atoms with E-state index in [1.807, 2.05) is 23.7 Å². The van der Waals surface area contributed by atoms with E-state index in [2.05, 4.69) is 0 Å². The molecule has 2 aromatic carbocycles. The standard InChI is InChI=1S/C18H12Cl3NO/c1-22-9-14(11-3-2-4-13(19)7-11)18(23)15(10-22)12-5-6-16(20)17(21)8-12/h2-10H,1H3. The van der Waals surface area contributed by atoms with Crippen LogP contribution in [0.5, 0.6) is 0 Å². The molecule has 0 atom stereocenters. The molecule has 0 amide bonds. The lowest BCUT2D eigenvalue weighted by atomic mass is 10.0. The van der Waals surface area contributed by atoms with Crippen LogP contribution in [0.1, 0.15) is 0 Å². The number of benzene rings is 2. The van der Waals surface area contributed by atoms with Gasteiger partial charge in [0.05, 0.1) is 10.0 Å². The molecule has 0 radical (unpaired) electrons. The van der Waals surface area contributed by atoms with E-state index in [4.69, 9.17) is 34.8 Å². The summed E-state index contributed by atoms with van der Waals surface area (Å²) in [4.78, 5) is 12.9. The minimum absolute atomic E-state index is 0.0799. The monoisotopic (exact) mass is 363 g/mol. The average Bonchev–Trinajstić information content (AvgIpc) is 2.52. The molecule has 3 rings (SSSR count). The second kappa shape index (κ2) is 6.40. The van der Waals surface area contributed by atoms with E-state index in [0.717, 1.165) is 11.1 Å². The summed E-state index contributed by atoms with van der Waals surface area (Å²) in [5.74, 6) is 0. The molecule has 0 spiro atoms. The van der Waals surface area contributed by atoms with Gasteiger partial charge in [-0.3, -0.25) is 4.79 Å². The first-order valence-corrected chi connectivity index (χ1v) is 8.01. The Balaban J connectivity index is 2.24. The number of nitrogens with zero attached hydrogens (tertiary/aromatic N) is 1. The summed E-state index contributed by atoms with van der Waals surface area (Å²) in [6.45, 7) is 0. The molecule has 0 fully saturated rings. The lowest BCUT2D eigenvalue weighted by molar-refractivity contribution is 0.904. The SMILES string of the molecule is Cn1cc(-c2cccc(Cl)c2)c(=O)c(-c2ccc(Cl)c(Cl)c2)c1. The molecule has 3 aromatic rings. The smallest absolute Gasteiger partial charge is 0.197 e. The summed E-state index contributed by atoms with van der Waals surface area (Å²) in [6, 6.07) is 12.4. The predicted molar refractivity (Wildman–Crippen MR) is 97.6 cm³/mol. The van der Waals surface area contributed by atoms with Crippen LogP contribution in [0.3, 0.4) is 0 Å². The fraction of sp³-hybridized carbons (Fsp3) is 0.0556. The van der Waals surface area contributed by atoms with E-state index in [9.17, 15) is 4.79 Å². The molecule has 1 heterocycles. The highest BCUT2D eigenvalue weighted by molar-refractivity contribution is 6.42. The molecule has 0 N–H and O–H groups in total. The maximum atomic E-state index is 12.9. The van der Waals surface area contributed by atoms with Crippen LogP contribution in [0.4, 0.5) is 0 Å². The van der Waals surface area contributed by atoms with Gasteiger partial charge in [-0.15, -0.1) is 0 Å². The Bertz CT molecular complexity index is 947. The molecule has 2 nitrogen and oxygen atoms in total. The maximum Gasteiger partial charge on any atom is 0.197 e. The normalized spacial score (nSPS) is 10.8. The molecule has 0 aliphatic rings. The van der Waals surface area contributed by atoms with Crippen molar-refractivity contribution in [2.24, 2.45) is 7.05 Å². The number of pyridine rings is 1. The quantitative estimate of drug-likeness (QED) is 0.573. The van der Waals surface area contributed by atoms with Crippen LogP contribution < -0.4 is 5.43 Å². The van der Waals surface area contributed by atoms with Crippen LogP contribution in [-0.2, 0) is 7.05 Å². The summed E-state index contributed by atoms with van der Waals surface area (Å²) >= 11 is 18.1. The van der Waals surface area contributed by atoms with Crippen molar-refractivity contribution in [3.63, 3.8) is 0 Å². The molecule has 0 saturated carbocycles. The Morgan fingerprint density at radius 3 is 2.09 bits per heavy atom. The lowest BCUT2D eigenvalue weighted by Crippen LogP contribution is -2.11. The Labute approximate surface area is 148 Å². The number of rotatable bonds is 2. The highest BCUT2D eigenvalue weighted by Crippen LogP contribution is 2.28. The van der Waals surface area contributed by atoms with Gasteiger partial charge in [0.25, 0.3) is 0 Å². The molecule has 0 aliphatic carbocycles. The molecule has 1 aromatic heterocycles. The zero-order valence-corrected chi connectivity index (χ0v) is 14.5. The predicted octanol–water partition coefficient (Wildman–Crippen LogP) is 5.68. The van der Waals surface area contributed by atoms with Gasteiger partial charge in [-0.2, -0.15) is 0 Å². The summed E-state index contributed by atoms with van der Waals surface area (Å²) in [5.41, 5.74) is 2.56. The topological polar surface area (TPSA) is 22.0 Å². The molecular formula is C18H12Cl3NO. The Morgan fingerprint density at radius 2 is 1.48 bits per heavy atom. The fourth-order valence-electron chi connectivity index (χ4n) is 2.44. The van der Waals surface area contributed by atoms with E-state index in [-0.39, 0.29) is 5.43 Å². The average molecular weight is 365 g/mol. The molecule has 116 valence electrons. The van der Waals surface area contributed by atoms with Crippen molar-refractivity contribution in [1.82, 2.24) is 4.57 Å². The number of hydrogen-bond acceptors (Lipinski definition) is 1. The largest absolute Gasteiger partial charge is 0.356 e. The lowest BCUT2D eigenvalue weighted by Gasteiger charge is -2.10. The van der Waals surface area contributed by atoms with Gasteiger partial charge < -0.3 is 4.57 Å². The number of hydrogen-bond donors (Lipinski definition) is 0. The second-order valence-corrected chi connectivity index (χ2v) is 6.47. The molecule has 0 saturated heterocycles. The van der Waals surface area contributed by atoms with Gasteiger partial charge in [0.2, 0.25) is 0 Å². The van der Waals surface area contributed by atoms with Crippen molar-refractivity contribution in [2.45, 2.75) is 0 Å². The van der Waals surface area contributed by atoms with Crippen molar-refractivity contribution >= 4 is 34.8 Å². The van der Waals surface area contributed by atoms with Crippen molar-refractivity contribution in [2.75, 3.05) is 0 Å². The second-order valence-electron chi connectivity index (χ2n) is 5.22. The van der Waals surface area contributed by atoms with E-state index >= 15 is 0 Å². The third-order valence-electron chi connectivity index (χ3n) is 3.52.